The summed E-state index contributed by atoms with van der Waals surface area (Å²) in [6.07, 6.45) is -8.77. The minimum absolute atomic E-state index is 0.0215. The summed E-state index contributed by atoms with van der Waals surface area (Å²) in [4.78, 5) is 24.8. The van der Waals surface area contributed by atoms with Crippen molar-refractivity contribution in [3.63, 3.8) is 0 Å². The summed E-state index contributed by atoms with van der Waals surface area (Å²) in [5, 5.41) is 87.1. The van der Waals surface area contributed by atoms with E-state index in [2.05, 4.69) is 6.92 Å². The summed E-state index contributed by atoms with van der Waals surface area (Å²) in [5.41, 5.74) is -3.71. The van der Waals surface area contributed by atoms with E-state index >= 15 is 0 Å². The Labute approximate surface area is 295 Å². The van der Waals surface area contributed by atoms with Gasteiger partial charge in [-0.3, -0.25) is 0 Å². The summed E-state index contributed by atoms with van der Waals surface area (Å²) in [5.74, 6) is -0.509. The molecule has 3 heterocycles. The quantitative estimate of drug-likeness (QED) is 0.127. The summed E-state index contributed by atoms with van der Waals surface area (Å²) < 4.78 is 28.4. The van der Waals surface area contributed by atoms with Crippen LogP contribution in [0.1, 0.15) is 83.1 Å². The molecule has 0 spiro atoms. The highest BCUT2D eigenvalue weighted by Gasteiger charge is 2.71. The minimum Gasteiger partial charge on any atom is -0.431 e. The molecule has 2 aliphatic heterocycles. The van der Waals surface area contributed by atoms with E-state index in [1.807, 2.05) is 0 Å². The van der Waals surface area contributed by atoms with E-state index in [1.54, 1.807) is 13.0 Å². The van der Waals surface area contributed by atoms with Crippen molar-refractivity contribution in [2.24, 2.45) is 22.7 Å². The van der Waals surface area contributed by atoms with Gasteiger partial charge in [-0.05, 0) is 87.7 Å². The number of carbonyl (C=O) groups excluding carboxylic acids is 1. The Morgan fingerprint density at radius 3 is 2.24 bits per heavy atom. The Balaban J connectivity index is 1.03. The van der Waals surface area contributed by atoms with E-state index in [9.17, 15) is 50.4 Å². The topological polar surface area (TPSA) is 246 Å². The van der Waals surface area contributed by atoms with E-state index in [4.69, 9.17) is 23.4 Å². The largest absolute Gasteiger partial charge is 0.431 e. The van der Waals surface area contributed by atoms with Crippen molar-refractivity contribution < 1.29 is 69.0 Å². The summed E-state index contributed by atoms with van der Waals surface area (Å²) >= 11 is 0. The first-order valence-electron chi connectivity index (χ1n) is 18.3. The fourth-order valence-electron chi connectivity index (χ4n) is 11.2. The molecule has 8 N–H and O–H groups in total. The molecule has 4 aliphatic carbocycles. The van der Waals surface area contributed by atoms with Gasteiger partial charge in [0.1, 0.15) is 49.0 Å². The molecule has 0 bridgehead atoms. The molecule has 2 saturated heterocycles. The molecule has 7 rings (SSSR count). The van der Waals surface area contributed by atoms with E-state index < -0.39 is 102 Å². The van der Waals surface area contributed by atoms with Crippen molar-refractivity contribution in [1.29, 1.82) is 0 Å². The average Bonchev–Trinajstić information content (AvgIpc) is 3.39. The van der Waals surface area contributed by atoms with Gasteiger partial charge < -0.3 is 69.0 Å². The monoisotopic (exact) mass is 724 g/mol. The first-order chi connectivity index (χ1) is 24.1. The lowest BCUT2D eigenvalue weighted by molar-refractivity contribution is -0.361. The van der Waals surface area contributed by atoms with Crippen LogP contribution in [0.4, 0.5) is 0 Å². The Morgan fingerprint density at radius 2 is 1.55 bits per heavy atom. The van der Waals surface area contributed by atoms with Gasteiger partial charge >= 0.3 is 5.63 Å². The predicted molar refractivity (Wildman–Crippen MR) is 173 cm³/mol. The Bertz CT molecular complexity index is 1470. The molecule has 6 fully saturated rings. The SMILES string of the molecule is CC1OC(OC2CC[C@]3(C=O)[C@H]4CC[C@]5(C)[C@@H](c6ccc(=O)oc6)CC[C@]5(O)[C@@H]4CCC3(O)C2)C(O)C(O)C1OC1OC(CO)C(O)C(O)C1O. The van der Waals surface area contributed by atoms with Gasteiger partial charge in [-0.2, -0.15) is 0 Å². The number of carbonyl (C=O) groups is 1. The van der Waals surface area contributed by atoms with Crippen LogP contribution in [0.2, 0.25) is 0 Å². The highest BCUT2D eigenvalue weighted by Crippen LogP contribution is 2.71. The molecule has 18 atom stereocenters. The van der Waals surface area contributed by atoms with Gasteiger partial charge in [-0.25, -0.2) is 4.79 Å². The third-order valence-corrected chi connectivity index (χ3v) is 14.1. The number of rotatable bonds is 7. The first kappa shape index (κ1) is 37.5. The molecule has 1 aromatic heterocycles. The summed E-state index contributed by atoms with van der Waals surface area (Å²) in [6, 6.07) is 3.17. The van der Waals surface area contributed by atoms with Crippen molar-refractivity contribution in [1.82, 2.24) is 0 Å². The van der Waals surface area contributed by atoms with Gasteiger partial charge in [-0.15, -0.1) is 0 Å². The normalized spacial score (nSPS) is 52.7. The molecule has 15 heteroatoms. The molecule has 51 heavy (non-hydrogen) atoms. The molecule has 0 amide bonds. The zero-order valence-electron chi connectivity index (χ0n) is 28.9. The van der Waals surface area contributed by atoms with E-state index in [-0.39, 0.29) is 30.6 Å². The van der Waals surface area contributed by atoms with Crippen LogP contribution in [0, 0.1) is 22.7 Å². The third kappa shape index (κ3) is 5.70. The number of hydrogen-bond acceptors (Lipinski definition) is 15. The lowest BCUT2D eigenvalue weighted by Crippen LogP contribution is -2.69. The smallest absolute Gasteiger partial charge is 0.335 e. The van der Waals surface area contributed by atoms with E-state index in [1.165, 1.54) is 12.3 Å². The highest BCUT2D eigenvalue weighted by atomic mass is 16.7. The highest BCUT2D eigenvalue weighted by molar-refractivity contribution is 5.64. The predicted octanol–water partition coefficient (Wildman–Crippen LogP) is -0.788. The second kappa shape index (κ2) is 13.5. The number of aliphatic hydroxyl groups excluding tert-OH is 6. The summed E-state index contributed by atoms with van der Waals surface area (Å²) in [7, 11) is 0. The summed E-state index contributed by atoms with van der Waals surface area (Å²) in [6.45, 7) is 2.98. The molecule has 4 saturated carbocycles. The number of hydrogen-bond donors (Lipinski definition) is 8. The minimum atomic E-state index is -1.72. The number of aliphatic hydroxyl groups is 8. The van der Waals surface area contributed by atoms with Gasteiger partial charge in [0.2, 0.25) is 0 Å². The lowest BCUT2D eigenvalue weighted by atomic mass is 9.41. The molecule has 6 aliphatic rings. The maximum atomic E-state index is 13.2. The van der Waals surface area contributed by atoms with Crippen molar-refractivity contribution in [2.75, 3.05) is 6.61 Å². The fraction of sp³-hybridized carbons (Fsp3) is 0.833. The third-order valence-electron chi connectivity index (χ3n) is 14.1. The molecule has 12 unspecified atom stereocenters. The van der Waals surface area contributed by atoms with Crippen LogP contribution < -0.4 is 5.63 Å². The van der Waals surface area contributed by atoms with Gasteiger partial charge in [0.25, 0.3) is 0 Å². The molecular formula is C36H52O15. The van der Waals surface area contributed by atoms with Gasteiger partial charge in [-0.1, -0.05) is 6.92 Å². The number of fused-ring (bicyclic) bond motifs is 5. The second-order valence-electron chi connectivity index (χ2n) is 16.3. The van der Waals surface area contributed by atoms with Gasteiger partial charge in [0.05, 0.1) is 41.7 Å². The molecular weight excluding hydrogens is 672 g/mol. The second-order valence-corrected chi connectivity index (χ2v) is 16.3. The van der Waals surface area contributed by atoms with Crippen LogP contribution in [-0.2, 0) is 23.7 Å². The van der Waals surface area contributed by atoms with Crippen molar-refractivity contribution >= 4 is 6.29 Å². The Kier molecular flexibility index (Phi) is 9.89. The standard InChI is InChI=1S/C36H52O15/c1-17-30(51-32-28(43)26(41)25(40)23(14-37)50-32)27(42)29(44)31(48-17)49-19-5-10-34(16-38)21-6-9-33(2)20(18-3-4-24(39)47-15-18)8-12-36(33,46)22(21)7-11-35(34,45)13-19/h3-4,15-17,19-23,25-32,37,40-46H,5-14H2,1-2H3/t17?,19?,20-,21+,22-,23?,25?,26?,27?,28?,29?,30?,31?,32?,33-,34+,35?,36+/m1/s1. The zero-order valence-corrected chi connectivity index (χ0v) is 28.9. The zero-order chi connectivity index (χ0) is 36.7. The van der Waals surface area contributed by atoms with Crippen LogP contribution in [0.15, 0.2) is 27.6 Å². The number of aldehydes is 1. The molecule has 286 valence electrons. The fourth-order valence-corrected chi connectivity index (χ4v) is 11.2. The maximum absolute atomic E-state index is 13.2. The number of ether oxygens (including phenoxy) is 4. The first-order valence-corrected chi connectivity index (χ1v) is 18.3. The molecule has 0 aromatic carbocycles. The molecule has 0 radical (unpaired) electrons. The van der Waals surface area contributed by atoms with Crippen molar-refractivity contribution in [2.45, 2.75) is 156 Å². The van der Waals surface area contributed by atoms with Crippen molar-refractivity contribution in [3.8, 4) is 0 Å². The van der Waals surface area contributed by atoms with Gasteiger partial charge in [0, 0.05) is 17.9 Å². The van der Waals surface area contributed by atoms with Crippen LogP contribution in [-0.4, -0.2) is 132 Å². The van der Waals surface area contributed by atoms with Gasteiger partial charge in [0.15, 0.2) is 12.6 Å². The van der Waals surface area contributed by atoms with E-state index in [0.29, 0.717) is 44.9 Å². The Morgan fingerprint density at radius 1 is 0.843 bits per heavy atom. The Hall–Kier alpha value is -1.86. The van der Waals surface area contributed by atoms with Crippen LogP contribution in [0.5, 0.6) is 0 Å². The van der Waals surface area contributed by atoms with Crippen LogP contribution in [0.3, 0.4) is 0 Å². The van der Waals surface area contributed by atoms with Crippen molar-refractivity contribution in [3.05, 3.63) is 34.4 Å². The van der Waals surface area contributed by atoms with Crippen LogP contribution >= 0.6 is 0 Å². The maximum Gasteiger partial charge on any atom is 0.335 e. The lowest BCUT2D eigenvalue weighted by Gasteiger charge is -2.65. The van der Waals surface area contributed by atoms with E-state index in [0.717, 1.165) is 11.8 Å². The average molecular weight is 725 g/mol. The molecule has 15 nitrogen and oxygen atoms in total. The van der Waals surface area contributed by atoms with Crippen LogP contribution in [0.25, 0.3) is 0 Å². The molecule has 1 aromatic rings.